The average Bonchev–Trinajstić information content (AvgIpc) is 2.60. The molecule has 128 valence electrons. The van der Waals surface area contributed by atoms with Crippen LogP contribution in [0.5, 0.6) is 0 Å². The van der Waals surface area contributed by atoms with Crippen LogP contribution in [-0.2, 0) is 12.8 Å². The number of rotatable bonds is 4. The SMILES string of the molecule is Nc1cc(Cc2ccc(Br)cc2)c(N)c(Cc2ccc(Br)cc2)c1Cl. The maximum atomic E-state index is 6.45. The van der Waals surface area contributed by atoms with E-state index in [1.807, 2.05) is 30.3 Å². The summed E-state index contributed by atoms with van der Waals surface area (Å²) in [6, 6.07) is 18.2. The highest BCUT2D eigenvalue weighted by atomic mass is 79.9. The van der Waals surface area contributed by atoms with Crippen LogP contribution < -0.4 is 11.5 Å². The van der Waals surface area contributed by atoms with Gasteiger partial charge < -0.3 is 11.5 Å². The lowest BCUT2D eigenvalue weighted by molar-refractivity contribution is 1.15. The zero-order valence-electron chi connectivity index (χ0n) is 13.4. The number of hydrogen-bond donors (Lipinski definition) is 2. The molecule has 0 heterocycles. The van der Waals surface area contributed by atoms with Crippen molar-refractivity contribution in [1.29, 1.82) is 0 Å². The van der Waals surface area contributed by atoms with E-state index in [0.29, 0.717) is 29.2 Å². The summed E-state index contributed by atoms with van der Waals surface area (Å²) < 4.78 is 2.09. The second-order valence-corrected chi connectivity index (χ2v) is 8.15. The van der Waals surface area contributed by atoms with Crippen molar-refractivity contribution in [2.75, 3.05) is 11.5 Å². The Bertz CT molecular complexity index is 891. The molecule has 3 aromatic carbocycles. The van der Waals surface area contributed by atoms with E-state index >= 15 is 0 Å². The molecule has 0 aliphatic carbocycles. The van der Waals surface area contributed by atoms with E-state index in [-0.39, 0.29) is 0 Å². The van der Waals surface area contributed by atoms with Crippen LogP contribution in [0.2, 0.25) is 5.02 Å². The van der Waals surface area contributed by atoms with Gasteiger partial charge in [-0.1, -0.05) is 67.7 Å². The van der Waals surface area contributed by atoms with E-state index in [1.165, 1.54) is 5.56 Å². The number of halogens is 3. The summed E-state index contributed by atoms with van der Waals surface area (Å²) in [5.74, 6) is 0. The molecule has 0 aromatic heterocycles. The lowest BCUT2D eigenvalue weighted by Crippen LogP contribution is -2.05. The van der Waals surface area contributed by atoms with Gasteiger partial charge in [-0.25, -0.2) is 0 Å². The van der Waals surface area contributed by atoms with Crippen LogP contribution in [-0.4, -0.2) is 0 Å². The van der Waals surface area contributed by atoms with Gasteiger partial charge in [-0.05, 0) is 53.4 Å². The third kappa shape index (κ3) is 4.38. The normalized spacial score (nSPS) is 10.8. The van der Waals surface area contributed by atoms with Gasteiger partial charge in [-0.3, -0.25) is 0 Å². The summed E-state index contributed by atoms with van der Waals surface area (Å²) in [5.41, 5.74) is 18.1. The molecule has 3 aromatic rings. The molecular weight excluding hydrogens is 463 g/mol. The minimum absolute atomic E-state index is 0.542. The van der Waals surface area contributed by atoms with Crippen LogP contribution in [0.15, 0.2) is 63.5 Å². The first-order valence-electron chi connectivity index (χ1n) is 7.78. The van der Waals surface area contributed by atoms with Crippen LogP contribution in [0.3, 0.4) is 0 Å². The van der Waals surface area contributed by atoms with Crippen molar-refractivity contribution in [3.05, 3.63) is 90.8 Å². The molecule has 5 heteroatoms. The quantitative estimate of drug-likeness (QED) is 0.436. The van der Waals surface area contributed by atoms with E-state index in [2.05, 4.69) is 56.1 Å². The molecule has 0 aliphatic rings. The van der Waals surface area contributed by atoms with Gasteiger partial charge in [0.25, 0.3) is 0 Å². The highest BCUT2D eigenvalue weighted by Crippen LogP contribution is 2.34. The number of benzene rings is 3. The standard InChI is InChI=1S/C20H17Br2ClN2/c21-15-5-1-12(2-6-15)9-14-11-18(24)19(23)17(20(14)25)10-13-3-7-16(22)8-4-13/h1-8,11H,9-10,24-25H2. The van der Waals surface area contributed by atoms with Crippen molar-refractivity contribution >= 4 is 54.8 Å². The molecule has 0 saturated carbocycles. The molecule has 0 spiro atoms. The van der Waals surface area contributed by atoms with E-state index in [9.17, 15) is 0 Å². The molecule has 4 N–H and O–H groups in total. The average molecular weight is 481 g/mol. The molecular formula is C20H17Br2ClN2. The van der Waals surface area contributed by atoms with E-state index in [0.717, 1.165) is 25.6 Å². The van der Waals surface area contributed by atoms with Crippen molar-refractivity contribution in [2.24, 2.45) is 0 Å². The maximum Gasteiger partial charge on any atom is 0.0691 e. The molecule has 3 rings (SSSR count). The summed E-state index contributed by atoms with van der Waals surface area (Å²) in [7, 11) is 0. The molecule has 0 aliphatic heterocycles. The van der Waals surface area contributed by atoms with Crippen LogP contribution in [0.25, 0.3) is 0 Å². The number of nitrogen functional groups attached to an aromatic ring is 2. The van der Waals surface area contributed by atoms with Gasteiger partial charge in [0.05, 0.1) is 10.7 Å². The number of nitrogens with two attached hydrogens (primary N) is 2. The van der Waals surface area contributed by atoms with Crippen LogP contribution in [0, 0.1) is 0 Å². The van der Waals surface area contributed by atoms with Gasteiger partial charge in [0.1, 0.15) is 0 Å². The summed E-state index contributed by atoms with van der Waals surface area (Å²) >= 11 is 13.4. The van der Waals surface area contributed by atoms with Gasteiger partial charge >= 0.3 is 0 Å². The predicted octanol–water partition coefficient (Wildman–Crippen LogP) is 6.21. The largest absolute Gasteiger partial charge is 0.398 e. The maximum absolute atomic E-state index is 6.45. The van der Waals surface area contributed by atoms with Crippen LogP contribution in [0.1, 0.15) is 22.3 Å². The Balaban J connectivity index is 1.96. The summed E-state index contributed by atoms with van der Waals surface area (Å²) in [6.07, 6.45) is 1.37. The van der Waals surface area contributed by atoms with Crippen molar-refractivity contribution < 1.29 is 0 Å². The molecule has 2 nitrogen and oxygen atoms in total. The highest BCUT2D eigenvalue weighted by Gasteiger charge is 2.14. The molecule has 0 bridgehead atoms. The third-order valence-electron chi connectivity index (χ3n) is 4.12. The van der Waals surface area contributed by atoms with Crippen molar-refractivity contribution in [3.63, 3.8) is 0 Å². The molecule has 0 fully saturated rings. The Labute approximate surface area is 169 Å². The zero-order chi connectivity index (χ0) is 18.0. The number of anilines is 2. The minimum Gasteiger partial charge on any atom is -0.398 e. The molecule has 0 amide bonds. The first-order chi connectivity index (χ1) is 11.9. The molecule has 0 unspecified atom stereocenters. The van der Waals surface area contributed by atoms with Crippen LogP contribution >= 0.6 is 43.5 Å². The van der Waals surface area contributed by atoms with Gasteiger partial charge in [0.15, 0.2) is 0 Å². The topological polar surface area (TPSA) is 52.0 Å². The van der Waals surface area contributed by atoms with Crippen molar-refractivity contribution in [1.82, 2.24) is 0 Å². The lowest BCUT2D eigenvalue weighted by Gasteiger charge is -2.16. The second-order valence-electron chi connectivity index (χ2n) is 5.94. The van der Waals surface area contributed by atoms with E-state index in [4.69, 9.17) is 23.1 Å². The molecule has 25 heavy (non-hydrogen) atoms. The van der Waals surface area contributed by atoms with Crippen molar-refractivity contribution in [2.45, 2.75) is 12.8 Å². The summed E-state index contributed by atoms with van der Waals surface area (Å²) in [5, 5.41) is 0.542. The predicted molar refractivity (Wildman–Crippen MR) is 114 cm³/mol. The minimum atomic E-state index is 0.542. The Kier molecular flexibility index (Phi) is 5.72. The van der Waals surface area contributed by atoms with Gasteiger partial charge in [0.2, 0.25) is 0 Å². The molecule has 0 atom stereocenters. The fraction of sp³-hybridized carbons (Fsp3) is 0.100. The third-order valence-corrected chi connectivity index (χ3v) is 5.62. The molecule has 0 radical (unpaired) electrons. The first kappa shape index (κ1) is 18.3. The van der Waals surface area contributed by atoms with Gasteiger partial charge in [-0.15, -0.1) is 0 Å². The fourth-order valence-corrected chi connectivity index (χ4v) is 3.51. The van der Waals surface area contributed by atoms with Gasteiger partial charge in [-0.2, -0.15) is 0 Å². The summed E-state index contributed by atoms with van der Waals surface area (Å²) in [4.78, 5) is 0. The smallest absolute Gasteiger partial charge is 0.0691 e. The van der Waals surface area contributed by atoms with Crippen LogP contribution in [0.4, 0.5) is 11.4 Å². The second kappa shape index (κ2) is 7.81. The number of hydrogen-bond acceptors (Lipinski definition) is 2. The van der Waals surface area contributed by atoms with Crippen molar-refractivity contribution in [3.8, 4) is 0 Å². The van der Waals surface area contributed by atoms with E-state index < -0.39 is 0 Å². The highest BCUT2D eigenvalue weighted by molar-refractivity contribution is 9.10. The zero-order valence-corrected chi connectivity index (χ0v) is 17.3. The fourth-order valence-electron chi connectivity index (χ4n) is 2.76. The summed E-state index contributed by atoms with van der Waals surface area (Å²) in [6.45, 7) is 0. The first-order valence-corrected chi connectivity index (χ1v) is 9.74. The lowest BCUT2D eigenvalue weighted by atomic mass is 9.95. The van der Waals surface area contributed by atoms with E-state index in [1.54, 1.807) is 0 Å². The van der Waals surface area contributed by atoms with Gasteiger partial charge in [0, 0.05) is 26.6 Å². The monoisotopic (exact) mass is 478 g/mol. The Hall–Kier alpha value is -1.49. The molecule has 0 saturated heterocycles. The Morgan fingerprint density at radius 3 is 1.76 bits per heavy atom. The Morgan fingerprint density at radius 2 is 1.24 bits per heavy atom. The Morgan fingerprint density at radius 1 is 0.760 bits per heavy atom.